The number of aromatic nitrogens is 1. The smallest absolute Gasteiger partial charge is 0.326 e. The lowest BCUT2D eigenvalue weighted by Gasteiger charge is -2.16. The minimum atomic E-state index is -4.96. The minimum Gasteiger partial charge on any atom is -0.326 e. The number of nitriles is 1. The summed E-state index contributed by atoms with van der Waals surface area (Å²) in [6, 6.07) is 2.56. The van der Waals surface area contributed by atoms with Gasteiger partial charge in [-0.05, 0) is 11.6 Å². The van der Waals surface area contributed by atoms with Gasteiger partial charge in [-0.2, -0.15) is 18.4 Å². The van der Waals surface area contributed by atoms with Crippen LogP contribution in [0.3, 0.4) is 0 Å². The highest BCUT2D eigenvalue weighted by Gasteiger charge is 2.39. The van der Waals surface area contributed by atoms with Crippen molar-refractivity contribution in [2.24, 2.45) is 5.73 Å². The third-order valence-corrected chi connectivity index (χ3v) is 2.15. The minimum absolute atomic E-state index is 0.152. The van der Waals surface area contributed by atoms with Gasteiger partial charge in [-0.1, -0.05) is 0 Å². The zero-order chi connectivity index (χ0) is 13.9. The Morgan fingerprint density at radius 2 is 2.00 bits per heavy atom. The average Bonchev–Trinajstić information content (AvgIpc) is 2.26. The molecule has 0 aliphatic rings. The molecule has 8 heteroatoms. The van der Waals surface area contributed by atoms with E-state index in [0.717, 1.165) is 6.07 Å². The molecule has 0 fully saturated rings. The Balaban J connectivity index is 3.52. The first-order valence-corrected chi connectivity index (χ1v) is 4.76. The van der Waals surface area contributed by atoms with Crippen LogP contribution in [0, 0.1) is 11.3 Å². The maximum atomic E-state index is 12.7. The summed E-state index contributed by atoms with van der Waals surface area (Å²) in [6.45, 7) is -0.560. The molecule has 0 atom stereocenters. The van der Waals surface area contributed by atoms with Gasteiger partial charge in [0.25, 0.3) is 6.43 Å². The molecule has 0 unspecified atom stereocenters. The van der Waals surface area contributed by atoms with Gasteiger partial charge < -0.3 is 5.73 Å². The molecule has 1 aromatic heterocycles. The zero-order valence-electron chi connectivity index (χ0n) is 8.93. The van der Waals surface area contributed by atoms with E-state index in [2.05, 4.69) is 4.98 Å². The quantitative estimate of drug-likeness (QED) is 0.854. The number of hydrogen-bond acceptors (Lipinski definition) is 3. The first kappa shape index (κ1) is 14.3. The number of nitrogens with zero attached hydrogens (tertiary/aromatic N) is 2. The summed E-state index contributed by atoms with van der Waals surface area (Å²) in [4.78, 5) is 3.19. The van der Waals surface area contributed by atoms with Crippen LogP contribution in [0.5, 0.6) is 0 Å². The highest BCUT2D eigenvalue weighted by molar-refractivity contribution is 5.36. The molecular formula is C10H8F5N3. The summed E-state index contributed by atoms with van der Waals surface area (Å²) >= 11 is 0. The molecule has 0 aromatic carbocycles. The van der Waals surface area contributed by atoms with Gasteiger partial charge in [0.05, 0.1) is 23.7 Å². The molecule has 0 aliphatic carbocycles. The molecule has 0 spiro atoms. The molecule has 2 N–H and O–H groups in total. The van der Waals surface area contributed by atoms with E-state index in [1.54, 1.807) is 6.07 Å². The molecule has 0 radical (unpaired) electrons. The maximum absolute atomic E-state index is 12.7. The molecule has 1 rings (SSSR count). The van der Waals surface area contributed by atoms with Crippen molar-refractivity contribution in [1.82, 2.24) is 4.98 Å². The molecule has 0 amide bonds. The van der Waals surface area contributed by atoms with Crippen molar-refractivity contribution in [3.8, 4) is 6.07 Å². The van der Waals surface area contributed by atoms with Crippen molar-refractivity contribution in [3.05, 3.63) is 28.6 Å². The van der Waals surface area contributed by atoms with E-state index in [0.29, 0.717) is 0 Å². The Labute approximate surface area is 99.0 Å². The van der Waals surface area contributed by atoms with Crippen molar-refractivity contribution in [2.75, 3.05) is 0 Å². The lowest BCUT2D eigenvalue weighted by Crippen LogP contribution is -2.18. The zero-order valence-corrected chi connectivity index (χ0v) is 8.93. The van der Waals surface area contributed by atoms with Crippen LogP contribution < -0.4 is 5.73 Å². The van der Waals surface area contributed by atoms with E-state index in [-0.39, 0.29) is 12.1 Å². The fourth-order valence-electron chi connectivity index (χ4n) is 1.50. The molecule has 1 heterocycles. The van der Waals surface area contributed by atoms with Crippen molar-refractivity contribution in [3.63, 3.8) is 0 Å². The molecule has 0 saturated carbocycles. The van der Waals surface area contributed by atoms with Crippen molar-refractivity contribution in [2.45, 2.75) is 25.6 Å². The lowest BCUT2D eigenvalue weighted by atomic mass is 10.0. The second kappa shape index (κ2) is 5.27. The second-order valence-corrected chi connectivity index (χ2v) is 3.37. The van der Waals surface area contributed by atoms with Gasteiger partial charge in [-0.3, -0.25) is 4.98 Å². The average molecular weight is 265 g/mol. The summed E-state index contributed by atoms with van der Waals surface area (Å²) < 4.78 is 63.3. The number of halogens is 5. The third-order valence-electron chi connectivity index (χ3n) is 2.15. The van der Waals surface area contributed by atoms with Crippen LogP contribution in [0.15, 0.2) is 6.07 Å². The molecule has 3 nitrogen and oxygen atoms in total. The standard InChI is InChI=1S/C10H8F5N3/c11-9(12)8-7(10(13,14)15)5(4-17)3-6(18-8)1-2-16/h3,9H,1,4,17H2. The second-order valence-electron chi connectivity index (χ2n) is 3.37. The van der Waals surface area contributed by atoms with Gasteiger partial charge in [0.15, 0.2) is 0 Å². The molecule has 18 heavy (non-hydrogen) atoms. The Kier molecular flexibility index (Phi) is 4.19. The largest absolute Gasteiger partial charge is 0.418 e. The van der Waals surface area contributed by atoms with Gasteiger partial charge in [-0.15, -0.1) is 0 Å². The van der Waals surface area contributed by atoms with Gasteiger partial charge in [0.1, 0.15) is 5.69 Å². The SMILES string of the molecule is N#CCc1cc(CN)c(C(F)(F)F)c(C(F)F)n1. The Hall–Kier alpha value is -1.75. The number of rotatable bonds is 3. The van der Waals surface area contributed by atoms with E-state index >= 15 is 0 Å². The summed E-state index contributed by atoms with van der Waals surface area (Å²) in [5.74, 6) is 0. The third kappa shape index (κ3) is 2.92. The predicted octanol–water partition coefficient (Wildman–Crippen LogP) is 2.56. The van der Waals surface area contributed by atoms with E-state index in [4.69, 9.17) is 11.0 Å². The normalized spacial score (nSPS) is 11.7. The van der Waals surface area contributed by atoms with Gasteiger partial charge in [0, 0.05) is 6.54 Å². The Morgan fingerprint density at radius 1 is 1.39 bits per heavy atom. The van der Waals surface area contributed by atoms with Crippen LogP contribution in [0.2, 0.25) is 0 Å². The van der Waals surface area contributed by atoms with E-state index in [1.165, 1.54) is 0 Å². The number of alkyl halides is 5. The highest BCUT2D eigenvalue weighted by atomic mass is 19.4. The summed E-state index contributed by atoms with van der Waals surface area (Å²) in [5.41, 5.74) is 1.59. The van der Waals surface area contributed by atoms with Gasteiger partial charge in [0.2, 0.25) is 0 Å². The van der Waals surface area contributed by atoms with Crippen molar-refractivity contribution < 1.29 is 22.0 Å². The molecular weight excluding hydrogens is 257 g/mol. The van der Waals surface area contributed by atoms with E-state index in [9.17, 15) is 22.0 Å². The van der Waals surface area contributed by atoms with E-state index in [1.807, 2.05) is 0 Å². The predicted molar refractivity (Wildman–Crippen MR) is 51.4 cm³/mol. The number of hydrogen-bond donors (Lipinski definition) is 1. The van der Waals surface area contributed by atoms with Crippen molar-refractivity contribution >= 4 is 0 Å². The van der Waals surface area contributed by atoms with Crippen molar-refractivity contribution in [1.29, 1.82) is 5.26 Å². The summed E-state index contributed by atoms with van der Waals surface area (Å²) in [6.07, 6.45) is -8.70. The first-order valence-electron chi connectivity index (χ1n) is 4.76. The Bertz CT molecular complexity index is 476. The fraction of sp³-hybridized carbons (Fsp3) is 0.400. The molecule has 1 aromatic rings. The Morgan fingerprint density at radius 3 is 2.39 bits per heavy atom. The summed E-state index contributed by atoms with van der Waals surface area (Å²) in [7, 11) is 0. The van der Waals surface area contributed by atoms with Crippen LogP contribution in [-0.4, -0.2) is 4.98 Å². The molecule has 0 aliphatic heterocycles. The van der Waals surface area contributed by atoms with Crippen LogP contribution in [-0.2, 0) is 19.1 Å². The lowest BCUT2D eigenvalue weighted by molar-refractivity contribution is -0.140. The highest BCUT2D eigenvalue weighted by Crippen LogP contribution is 2.38. The topological polar surface area (TPSA) is 62.7 Å². The van der Waals surface area contributed by atoms with E-state index < -0.39 is 36.0 Å². The van der Waals surface area contributed by atoms with Crippen LogP contribution in [0.4, 0.5) is 22.0 Å². The first-order chi connectivity index (χ1) is 8.31. The number of nitrogens with two attached hydrogens (primary N) is 1. The molecule has 98 valence electrons. The summed E-state index contributed by atoms with van der Waals surface area (Å²) in [5, 5.41) is 8.41. The van der Waals surface area contributed by atoms with Crippen LogP contribution in [0.25, 0.3) is 0 Å². The van der Waals surface area contributed by atoms with Gasteiger partial charge >= 0.3 is 6.18 Å². The monoisotopic (exact) mass is 265 g/mol. The van der Waals surface area contributed by atoms with Crippen LogP contribution in [0.1, 0.15) is 28.9 Å². The van der Waals surface area contributed by atoms with Crippen LogP contribution >= 0.6 is 0 Å². The fourth-order valence-corrected chi connectivity index (χ4v) is 1.50. The maximum Gasteiger partial charge on any atom is 0.418 e. The number of pyridine rings is 1. The van der Waals surface area contributed by atoms with Gasteiger partial charge in [-0.25, -0.2) is 8.78 Å². The molecule has 0 bridgehead atoms. The molecule has 0 saturated heterocycles.